The first-order chi connectivity index (χ1) is 6.38. The molecular weight excluding hydrogens is 182 g/mol. The van der Waals surface area contributed by atoms with Crippen LogP contribution in [-0.4, -0.2) is 6.54 Å². The van der Waals surface area contributed by atoms with Crippen molar-refractivity contribution < 1.29 is 0 Å². The van der Waals surface area contributed by atoms with Crippen molar-refractivity contribution >= 4 is 17.3 Å². The molecule has 0 heterocycles. The van der Waals surface area contributed by atoms with Gasteiger partial charge in [-0.1, -0.05) is 42.8 Å². The van der Waals surface area contributed by atoms with Gasteiger partial charge in [0.15, 0.2) is 0 Å². The molecule has 0 unspecified atom stereocenters. The number of anilines is 1. The minimum Gasteiger partial charge on any atom is -0.381 e. The molecule has 0 bridgehead atoms. The first-order valence-corrected chi connectivity index (χ1v) is 4.89. The van der Waals surface area contributed by atoms with E-state index in [-0.39, 0.29) is 0 Å². The molecule has 1 aromatic carbocycles. The summed E-state index contributed by atoms with van der Waals surface area (Å²) in [5.74, 6) is 0. The Morgan fingerprint density at radius 1 is 1.38 bits per heavy atom. The lowest BCUT2D eigenvalue weighted by molar-refractivity contribution is 1.13. The van der Waals surface area contributed by atoms with Gasteiger partial charge in [-0.3, -0.25) is 0 Å². The summed E-state index contributed by atoms with van der Waals surface area (Å²) in [6.45, 7) is 2.93. The predicted octanol–water partition coefficient (Wildman–Crippen LogP) is 3.41. The molecule has 0 aliphatic heterocycles. The molecule has 0 aromatic heterocycles. The Morgan fingerprint density at radius 2 is 2.15 bits per heavy atom. The van der Waals surface area contributed by atoms with Gasteiger partial charge in [-0.2, -0.15) is 0 Å². The van der Waals surface area contributed by atoms with Crippen molar-refractivity contribution in [1.82, 2.24) is 0 Å². The highest BCUT2D eigenvalue weighted by Crippen LogP contribution is 2.14. The second-order valence-corrected chi connectivity index (χ2v) is 3.01. The number of nitrogens with one attached hydrogen (secondary N) is 1. The highest BCUT2D eigenvalue weighted by atomic mass is 35.5. The summed E-state index contributed by atoms with van der Waals surface area (Å²) >= 11 is 5.42. The van der Waals surface area contributed by atoms with Crippen LogP contribution in [0.4, 0.5) is 5.69 Å². The van der Waals surface area contributed by atoms with Gasteiger partial charge >= 0.3 is 0 Å². The van der Waals surface area contributed by atoms with Crippen molar-refractivity contribution in [3.63, 3.8) is 0 Å². The third-order valence-corrected chi connectivity index (χ3v) is 2.08. The largest absolute Gasteiger partial charge is 0.381 e. The van der Waals surface area contributed by atoms with Crippen LogP contribution in [0.15, 0.2) is 35.9 Å². The average Bonchev–Trinajstić information content (AvgIpc) is 2.19. The second-order valence-electron chi connectivity index (χ2n) is 2.75. The molecule has 70 valence electrons. The van der Waals surface area contributed by atoms with Gasteiger partial charge in [0.25, 0.3) is 0 Å². The lowest BCUT2D eigenvalue weighted by atomic mass is 10.1. The number of aryl methyl sites for hydroxylation is 1. The third kappa shape index (κ3) is 3.11. The summed E-state index contributed by atoms with van der Waals surface area (Å²) in [5, 5.41) is 3.29. The topological polar surface area (TPSA) is 12.0 Å². The van der Waals surface area contributed by atoms with E-state index in [0.29, 0.717) is 0 Å². The highest BCUT2D eigenvalue weighted by molar-refractivity contribution is 6.25. The van der Waals surface area contributed by atoms with Crippen molar-refractivity contribution in [2.45, 2.75) is 13.3 Å². The normalized spacial score (nSPS) is 10.6. The van der Waals surface area contributed by atoms with Gasteiger partial charge in [0.05, 0.1) is 0 Å². The minimum atomic E-state index is 0.778. The first-order valence-electron chi connectivity index (χ1n) is 4.45. The monoisotopic (exact) mass is 195 g/mol. The van der Waals surface area contributed by atoms with Crippen LogP contribution >= 0.6 is 11.6 Å². The summed E-state index contributed by atoms with van der Waals surface area (Å²) in [4.78, 5) is 0. The molecule has 0 saturated carbocycles. The quantitative estimate of drug-likeness (QED) is 0.777. The van der Waals surface area contributed by atoms with E-state index in [1.807, 2.05) is 12.1 Å². The molecule has 13 heavy (non-hydrogen) atoms. The Balaban J connectivity index is 2.64. The van der Waals surface area contributed by atoms with Crippen molar-refractivity contribution in [2.75, 3.05) is 11.9 Å². The van der Waals surface area contributed by atoms with E-state index in [1.54, 1.807) is 0 Å². The zero-order valence-corrected chi connectivity index (χ0v) is 8.51. The maximum atomic E-state index is 5.42. The smallest absolute Gasteiger partial charge is 0.0375 e. The van der Waals surface area contributed by atoms with E-state index in [4.69, 9.17) is 11.6 Å². The van der Waals surface area contributed by atoms with Gasteiger partial charge in [0.1, 0.15) is 0 Å². The summed E-state index contributed by atoms with van der Waals surface area (Å²) in [6.07, 6.45) is 2.93. The SMILES string of the molecule is CCc1ccccc1NC/C=C/Cl. The Labute approximate surface area is 84.4 Å². The number of halogens is 1. The Morgan fingerprint density at radius 3 is 2.85 bits per heavy atom. The van der Waals surface area contributed by atoms with E-state index >= 15 is 0 Å². The summed E-state index contributed by atoms with van der Waals surface area (Å²) in [5.41, 5.74) is 4.06. The van der Waals surface area contributed by atoms with Crippen molar-refractivity contribution in [3.8, 4) is 0 Å². The maximum absolute atomic E-state index is 5.42. The van der Waals surface area contributed by atoms with Crippen molar-refractivity contribution in [1.29, 1.82) is 0 Å². The molecule has 1 rings (SSSR count). The Hall–Kier alpha value is -0.950. The number of rotatable bonds is 4. The molecule has 0 aliphatic rings. The molecule has 0 saturated heterocycles. The highest BCUT2D eigenvalue weighted by Gasteiger charge is 1.95. The van der Waals surface area contributed by atoms with E-state index < -0.39 is 0 Å². The molecule has 0 aliphatic carbocycles. The molecule has 2 heteroatoms. The minimum absolute atomic E-state index is 0.778. The standard InChI is InChI=1S/C11H14ClN/c1-2-10-6-3-4-7-11(10)13-9-5-8-12/h3-8,13H,2,9H2,1H3/b8-5+. The fourth-order valence-electron chi connectivity index (χ4n) is 1.21. The number of hydrogen-bond acceptors (Lipinski definition) is 1. The van der Waals surface area contributed by atoms with Crippen LogP contribution in [0.1, 0.15) is 12.5 Å². The van der Waals surface area contributed by atoms with Crippen LogP contribution in [-0.2, 0) is 6.42 Å². The van der Waals surface area contributed by atoms with Crippen LogP contribution in [0.3, 0.4) is 0 Å². The molecular formula is C11H14ClN. The molecule has 0 amide bonds. The number of benzene rings is 1. The molecule has 0 fully saturated rings. The molecule has 0 spiro atoms. The molecule has 1 N–H and O–H groups in total. The van der Waals surface area contributed by atoms with Gasteiger partial charge in [0.2, 0.25) is 0 Å². The summed E-state index contributed by atoms with van der Waals surface area (Å²) in [7, 11) is 0. The lowest BCUT2D eigenvalue weighted by Crippen LogP contribution is -2.00. The summed E-state index contributed by atoms with van der Waals surface area (Å²) in [6, 6.07) is 8.31. The van der Waals surface area contributed by atoms with E-state index in [1.165, 1.54) is 16.8 Å². The summed E-state index contributed by atoms with van der Waals surface area (Å²) < 4.78 is 0. The van der Waals surface area contributed by atoms with Gasteiger partial charge < -0.3 is 5.32 Å². The van der Waals surface area contributed by atoms with Crippen LogP contribution in [0.2, 0.25) is 0 Å². The fraction of sp³-hybridized carbons (Fsp3) is 0.273. The van der Waals surface area contributed by atoms with E-state index in [0.717, 1.165) is 13.0 Å². The van der Waals surface area contributed by atoms with Gasteiger partial charge in [-0.25, -0.2) is 0 Å². The molecule has 0 atom stereocenters. The van der Waals surface area contributed by atoms with Crippen LogP contribution in [0.5, 0.6) is 0 Å². The van der Waals surface area contributed by atoms with E-state index in [2.05, 4.69) is 30.4 Å². The second kappa shape index (κ2) is 5.65. The molecule has 1 nitrogen and oxygen atoms in total. The molecule has 0 radical (unpaired) electrons. The van der Waals surface area contributed by atoms with Gasteiger partial charge in [0, 0.05) is 17.8 Å². The fourth-order valence-corrected chi connectivity index (χ4v) is 1.30. The average molecular weight is 196 g/mol. The Bertz CT molecular complexity index is 281. The number of hydrogen-bond donors (Lipinski definition) is 1. The lowest BCUT2D eigenvalue weighted by Gasteiger charge is -2.07. The van der Waals surface area contributed by atoms with Gasteiger partial charge in [-0.05, 0) is 18.1 Å². The zero-order valence-electron chi connectivity index (χ0n) is 7.76. The maximum Gasteiger partial charge on any atom is 0.0375 e. The predicted molar refractivity (Wildman–Crippen MR) is 59.3 cm³/mol. The third-order valence-electron chi connectivity index (χ3n) is 1.90. The molecule has 1 aromatic rings. The zero-order chi connectivity index (χ0) is 9.52. The Kier molecular flexibility index (Phi) is 4.41. The van der Waals surface area contributed by atoms with E-state index in [9.17, 15) is 0 Å². The first kappa shape index (κ1) is 10.1. The van der Waals surface area contributed by atoms with Crippen molar-refractivity contribution in [2.24, 2.45) is 0 Å². The van der Waals surface area contributed by atoms with Crippen LogP contribution in [0, 0.1) is 0 Å². The number of para-hydroxylation sites is 1. The van der Waals surface area contributed by atoms with Gasteiger partial charge in [-0.15, -0.1) is 0 Å². The van der Waals surface area contributed by atoms with Crippen molar-refractivity contribution in [3.05, 3.63) is 41.4 Å². The van der Waals surface area contributed by atoms with Crippen LogP contribution < -0.4 is 5.32 Å². The van der Waals surface area contributed by atoms with Crippen LogP contribution in [0.25, 0.3) is 0 Å².